The van der Waals surface area contributed by atoms with Gasteiger partial charge in [0.1, 0.15) is 4.64 Å². The third kappa shape index (κ3) is 3.66. The monoisotopic (exact) mass is 426 g/mol. The van der Waals surface area contributed by atoms with Crippen LogP contribution in [0.3, 0.4) is 0 Å². The molecule has 0 aliphatic carbocycles. The van der Waals surface area contributed by atoms with Gasteiger partial charge in [-0.05, 0) is 28.5 Å². The second-order valence-electron chi connectivity index (χ2n) is 5.83. The highest BCUT2D eigenvalue weighted by Crippen LogP contribution is 2.17. The van der Waals surface area contributed by atoms with Crippen molar-refractivity contribution in [3.63, 3.8) is 0 Å². The van der Waals surface area contributed by atoms with Gasteiger partial charge in [-0.25, -0.2) is 0 Å². The van der Waals surface area contributed by atoms with E-state index in [0.29, 0.717) is 23.6 Å². The molecular weight excluding hydrogens is 412 g/mol. The largest absolute Gasteiger partial charge is 0.304 e. The fourth-order valence-electron chi connectivity index (χ4n) is 2.62. The zero-order valence-corrected chi connectivity index (χ0v) is 16.1. The summed E-state index contributed by atoms with van der Waals surface area (Å²) in [6.07, 6.45) is 1.83. The molecule has 0 radical (unpaired) electrons. The number of aromatic amines is 1. The summed E-state index contributed by atoms with van der Waals surface area (Å²) in [5.41, 5.74) is 3.05. The molecule has 0 bridgehead atoms. The van der Waals surface area contributed by atoms with E-state index in [1.807, 2.05) is 53.3 Å². The van der Waals surface area contributed by atoms with Crippen molar-refractivity contribution >= 4 is 28.1 Å². The Kier molecular flexibility index (Phi) is 4.77. The predicted molar refractivity (Wildman–Crippen MR) is 105 cm³/mol. The predicted octanol–water partition coefficient (Wildman–Crippen LogP) is 4.06. The molecule has 0 amide bonds. The highest BCUT2D eigenvalue weighted by molar-refractivity contribution is 9.10. The molecule has 0 saturated heterocycles. The summed E-state index contributed by atoms with van der Waals surface area (Å²) in [6, 6.07) is 18.2. The van der Waals surface area contributed by atoms with Gasteiger partial charge < -0.3 is 5.10 Å². The third-order valence-corrected chi connectivity index (χ3v) is 4.92. The fourth-order valence-corrected chi connectivity index (χ4v) is 3.15. The second-order valence-corrected chi connectivity index (χ2v) is 7.14. The van der Waals surface area contributed by atoms with Crippen molar-refractivity contribution in [2.24, 2.45) is 0 Å². The topological polar surface area (TPSA) is 64.3 Å². The molecule has 8 heteroatoms. The van der Waals surface area contributed by atoms with Crippen LogP contribution < -0.4 is 0 Å². The number of nitrogens with zero attached hydrogens (tertiary/aromatic N) is 5. The van der Waals surface area contributed by atoms with E-state index in [4.69, 9.17) is 12.2 Å². The molecule has 6 nitrogen and oxygen atoms in total. The number of hydrogen-bond donors (Lipinski definition) is 1. The number of halogens is 1. The van der Waals surface area contributed by atoms with Crippen molar-refractivity contribution in [2.75, 3.05) is 0 Å². The van der Waals surface area contributed by atoms with E-state index in [1.165, 1.54) is 5.56 Å². The first-order valence-corrected chi connectivity index (χ1v) is 9.24. The summed E-state index contributed by atoms with van der Waals surface area (Å²) in [4.78, 5) is 1.57. The Balaban J connectivity index is 1.54. The summed E-state index contributed by atoms with van der Waals surface area (Å²) >= 11 is 9.00. The minimum absolute atomic E-state index is 0.523. The lowest BCUT2D eigenvalue weighted by Gasteiger charge is -2.02. The van der Waals surface area contributed by atoms with Crippen molar-refractivity contribution in [3.05, 3.63) is 81.0 Å². The molecule has 0 spiro atoms. The fraction of sp³-hybridized carbons (Fsp3) is 0.111. The standard InChI is InChI=1S/C18H15BrN6S/c19-15-8-6-14(7-9-15)12-25-22-17(21-23-25)16-10-20-24(18(16)26)11-13-4-2-1-3-5-13/h1-10,20H,11-12H2. The normalized spacial score (nSPS) is 11.0. The maximum Gasteiger partial charge on any atom is 0.209 e. The van der Waals surface area contributed by atoms with E-state index in [2.05, 4.69) is 48.6 Å². The van der Waals surface area contributed by atoms with Crippen LogP contribution in [-0.4, -0.2) is 30.0 Å². The molecule has 2 heterocycles. The molecule has 0 saturated carbocycles. The number of benzene rings is 2. The van der Waals surface area contributed by atoms with Gasteiger partial charge in [-0.15, -0.1) is 10.2 Å². The van der Waals surface area contributed by atoms with E-state index in [9.17, 15) is 0 Å². The van der Waals surface area contributed by atoms with Gasteiger partial charge in [-0.1, -0.05) is 70.6 Å². The molecule has 0 fully saturated rings. The average Bonchev–Trinajstić information content (AvgIpc) is 3.25. The van der Waals surface area contributed by atoms with Crippen LogP contribution in [0, 0.1) is 4.64 Å². The van der Waals surface area contributed by atoms with Crippen molar-refractivity contribution in [1.82, 2.24) is 30.0 Å². The molecule has 0 unspecified atom stereocenters. The van der Waals surface area contributed by atoms with Crippen LogP contribution in [0.25, 0.3) is 11.4 Å². The molecule has 2 aromatic heterocycles. The van der Waals surface area contributed by atoms with Gasteiger partial charge in [-0.2, -0.15) is 4.80 Å². The van der Waals surface area contributed by atoms with Crippen LogP contribution in [0.4, 0.5) is 0 Å². The molecule has 4 rings (SSSR count). The van der Waals surface area contributed by atoms with Crippen LogP contribution in [0.1, 0.15) is 11.1 Å². The Morgan fingerprint density at radius 2 is 1.69 bits per heavy atom. The summed E-state index contributed by atoms with van der Waals surface area (Å²) in [6.45, 7) is 1.23. The van der Waals surface area contributed by atoms with Gasteiger partial charge in [0.15, 0.2) is 0 Å². The molecule has 0 atom stereocenters. The number of nitrogens with one attached hydrogen (secondary N) is 1. The highest BCUT2D eigenvalue weighted by Gasteiger charge is 2.12. The second kappa shape index (κ2) is 7.35. The van der Waals surface area contributed by atoms with Gasteiger partial charge in [0.2, 0.25) is 5.82 Å². The molecule has 4 aromatic rings. The number of aromatic nitrogens is 6. The number of tetrazole rings is 1. The number of H-pyrrole nitrogens is 1. The van der Waals surface area contributed by atoms with Gasteiger partial charge in [-0.3, -0.25) is 4.68 Å². The Hall–Kier alpha value is -2.58. The van der Waals surface area contributed by atoms with Crippen LogP contribution >= 0.6 is 28.1 Å². The third-order valence-electron chi connectivity index (χ3n) is 3.95. The number of rotatable bonds is 5. The first-order chi connectivity index (χ1) is 12.7. The Bertz CT molecular complexity index is 1070. The van der Waals surface area contributed by atoms with Gasteiger partial charge >= 0.3 is 0 Å². The van der Waals surface area contributed by atoms with Crippen molar-refractivity contribution in [3.8, 4) is 11.4 Å². The zero-order valence-electron chi connectivity index (χ0n) is 13.7. The van der Waals surface area contributed by atoms with Gasteiger partial charge in [0.25, 0.3) is 0 Å². The van der Waals surface area contributed by atoms with Crippen LogP contribution in [0.15, 0.2) is 65.3 Å². The Morgan fingerprint density at radius 3 is 2.46 bits per heavy atom. The zero-order chi connectivity index (χ0) is 17.9. The lowest BCUT2D eigenvalue weighted by atomic mass is 10.2. The maximum absolute atomic E-state index is 5.57. The maximum atomic E-state index is 5.57. The minimum Gasteiger partial charge on any atom is -0.304 e. The van der Waals surface area contributed by atoms with Crippen LogP contribution in [0.2, 0.25) is 0 Å². The lowest BCUT2D eigenvalue weighted by Crippen LogP contribution is -2.03. The molecule has 1 N–H and O–H groups in total. The summed E-state index contributed by atoms with van der Waals surface area (Å²) < 4.78 is 3.60. The molecule has 2 aromatic carbocycles. The highest BCUT2D eigenvalue weighted by atomic mass is 79.9. The minimum atomic E-state index is 0.523. The average molecular weight is 427 g/mol. The quantitative estimate of drug-likeness (QED) is 0.488. The first kappa shape index (κ1) is 16.9. The van der Waals surface area contributed by atoms with E-state index in [1.54, 1.807) is 4.80 Å². The SMILES string of the molecule is S=c1c(-c2nnn(Cc3ccc(Br)cc3)n2)c[nH]n1Cc1ccccc1. The molecular formula is C18H15BrN6S. The lowest BCUT2D eigenvalue weighted by molar-refractivity contribution is 0.573. The Labute approximate surface area is 163 Å². The summed E-state index contributed by atoms with van der Waals surface area (Å²) in [7, 11) is 0. The van der Waals surface area contributed by atoms with Gasteiger partial charge in [0, 0.05) is 10.7 Å². The Morgan fingerprint density at radius 1 is 0.962 bits per heavy atom. The van der Waals surface area contributed by atoms with Crippen LogP contribution in [0.5, 0.6) is 0 Å². The molecule has 0 aliphatic rings. The summed E-state index contributed by atoms with van der Waals surface area (Å²) in [5, 5.41) is 15.9. The number of hydrogen-bond acceptors (Lipinski definition) is 4. The van der Waals surface area contributed by atoms with E-state index < -0.39 is 0 Å². The first-order valence-electron chi connectivity index (χ1n) is 8.04. The van der Waals surface area contributed by atoms with E-state index >= 15 is 0 Å². The van der Waals surface area contributed by atoms with E-state index in [0.717, 1.165) is 15.6 Å². The molecule has 0 aliphatic heterocycles. The van der Waals surface area contributed by atoms with Crippen molar-refractivity contribution in [2.45, 2.75) is 13.1 Å². The molecule has 130 valence electrons. The van der Waals surface area contributed by atoms with Crippen molar-refractivity contribution < 1.29 is 0 Å². The summed E-state index contributed by atoms with van der Waals surface area (Å²) in [5.74, 6) is 0.523. The van der Waals surface area contributed by atoms with Gasteiger partial charge in [0.05, 0.1) is 18.7 Å². The van der Waals surface area contributed by atoms with Crippen LogP contribution in [-0.2, 0) is 13.1 Å². The van der Waals surface area contributed by atoms with E-state index in [-0.39, 0.29) is 0 Å². The van der Waals surface area contributed by atoms with Crippen molar-refractivity contribution in [1.29, 1.82) is 0 Å². The smallest absolute Gasteiger partial charge is 0.209 e. The molecule has 26 heavy (non-hydrogen) atoms.